The van der Waals surface area contributed by atoms with Crippen LogP contribution >= 0.6 is 23.2 Å². The molecule has 1 N–H and O–H groups in total. The van der Waals surface area contributed by atoms with Crippen LogP contribution < -0.4 is 15.0 Å². The summed E-state index contributed by atoms with van der Waals surface area (Å²) in [7, 11) is 1.41. The van der Waals surface area contributed by atoms with Crippen molar-refractivity contribution in [3.63, 3.8) is 0 Å². The molecule has 0 unspecified atom stereocenters. The number of benzene rings is 2. The maximum Gasteiger partial charge on any atom is 0.338 e. The lowest BCUT2D eigenvalue weighted by Gasteiger charge is -2.19. The van der Waals surface area contributed by atoms with Gasteiger partial charge in [0.1, 0.15) is 16.5 Å². The maximum atomic E-state index is 13.1. The average Bonchev–Trinajstić information content (AvgIpc) is 2.98. The summed E-state index contributed by atoms with van der Waals surface area (Å²) >= 11 is 12.4. The van der Waals surface area contributed by atoms with Crippen LogP contribution in [0.5, 0.6) is 5.75 Å². The molecule has 0 aliphatic carbocycles. The highest BCUT2D eigenvalue weighted by Crippen LogP contribution is 2.38. The fourth-order valence-corrected chi connectivity index (χ4v) is 3.44. The molecular weight excluding hydrogens is 455 g/mol. The van der Waals surface area contributed by atoms with Gasteiger partial charge in [-0.1, -0.05) is 42.6 Å². The first-order valence-corrected chi connectivity index (χ1v) is 10.7. The Kier molecular flexibility index (Phi) is 7.43. The summed E-state index contributed by atoms with van der Waals surface area (Å²) in [6, 6.07) is 9.52. The molecule has 0 aromatic heterocycles. The van der Waals surface area contributed by atoms with Gasteiger partial charge >= 0.3 is 5.97 Å². The van der Waals surface area contributed by atoms with Crippen molar-refractivity contribution in [2.75, 3.05) is 23.9 Å². The van der Waals surface area contributed by atoms with Gasteiger partial charge in [-0.05, 0) is 43.2 Å². The van der Waals surface area contributed by atoms with Crippen LogP contribution in [0.3, 0.4) is 0 Å². The number of hydrogen-bond acceptors (Lipinski definition) is 6. The zero-order valence-corrected chi connectivity index (χ0v) is 19.3. The molecule has 2 amide bonds. The number of imide groups is 1. The van der Waals surface area contributed by atoms with Crippen LogP contribution in [-0.2, 0) is 14.3 Å². The van der Waals surface area contributed by atoms with E-state index >= 15 is 0 Å². The van der Waals surface area contributed by atoms with E-state index in [1.165, 1.54) is 19.2 Å². The number of ether oxygens (including phenoxy) is 2. The predicted octanol–water partition coefficient (Wildman–Crippen LogP) is 5.05. The summed E-state index contributed by atoms with van der Waals surface area (Å²) in [6.07, 6.45) is 1.68. The third-order valence-corrected chi connectivity index (χ3v) is 5.58. The number of rotatable bonds is 8. The molecule has 0 saturated heterocycles. The van der Waals surface area contributed by atoms with Crippen LogP contribution in [0.4, 0.5) is 11.4 Å². The molecule has 1 aliphatic rings. The molecule has 0 spiro atoms. The first-order valence-electron chi connectivity index (χ1n) is 9.95. The lowest BCUT2D eigenvalue weighted by molar-refractivity contribution is -0.120. The SMILES string of the molecule is CCCCOC(=O)c1cccc(NC2=C(Cl)C(=O)N(c3cc(C)c(Cl)cc3OC)C2=O)c1. The monoisotopic (exact) mass is 476 g/mol. The normalized spacial score (nSPS) is 13.6. The number of nitrogens with zero attached hydrogens (tertiary/aromatic N) is 1. The molecule has 9 heteroatoms. The fraction of sp³-hybridized carbons (Fsp3) is 0.261. The topological polar surface area (TPSA) is 84.9 Å². The molecule has 1 heterocycles. The van der Waals surface area contributed by atoms with Crippen molar-refractivity contribution in [2.24, 2.45) is 0 Å². The number of esters is 1. The minimum Gasteiger partial charge on any atom is -0.494 e. The van der Waals surface area contributed by atoms with Gasteiger partial charge in [0.2, 0.25) is 0 Å². The first-order chi connectivity index (χ1) is 15.3. The highest BCUT2D eigenvalue weighted by atomic mass is 35.5. The summed E-state index contributed by atoms with van der Waals surface area (Å²) in [4.78, 5) is 39.1. The van der Waals surface area contributed by atoms with Crippen molar-refractivity contribution < 1.29 is 23.9 Å². The second kappa shape index (κ2) is 10.1. The van der Waals surface area contributed by atoms with Crippen LogP contribution in [0.15, 0.2) is 47.1 Å². The Morgan fingerprint density at radius 3 is 2.56 bits per heavy atom. The van der Waals surface area contributed by atoms with E-state index in [2.05, 4.69) is 5.32 Å². The van der Waals surface area contributed by atoms with Crippen molar-refractivity contribution in [1.29, 1.82) is 0 Å². The number of halogens is 2. The van der Waals surface area contributed by atoms with Gasteiger partial charge in [0.25, 0.3) is 11.8 Å². The number of carbonyl (C=O) groups is 3. The van der Waals surface area contributed by atoms with Crippen molar-refractivity contribution in [3.05, 3.63) is 63.3 Å². The van der Waals surface area contributed by atoms with Gasteiger partial charge in [0.05, 0.1) is 25.0 Å². The minimum atomic E-state index is -0.700. The number of nitrogens with one attached hydrogen (secondary N) is 1. The summed E-state index contributed by atoms with van der Waals surface area (Å²) < 4.78 is 10.5. The lowest BCUT2D eigenvalue weighted by Crippen LogP contribution is -2.32. The Hall–Kier alpha value is -3.03. The Morgan fingerprint density at radius 1 is 1.12 bits per heavy atom. The van der Waals surface area contributed by atoms with E-state index in [-0.39, 0.29) is 22.2 Å². The van der Waals surface area contributed by atoms with Gasteiger partial charge < -0.3 is 14.8 Å². The van der Waals surface area contributed by atoms with Gasteiger partial charge in [-0.15, -0.1) is 0 Å². The fourth-order valence-electron chi connectivity index (χ4n) is 3.08. The second-order valence-electron chi connectivity index (χ2n) is 7.10. The second-order valence-corrected chi connectivity index (χ2v) is 7.89. The smallest absolute Gasteiger partial charge is 0.338 e. The third kappa shape index (κ3) is 4.74. The lowest BCUT2D eigenvalue weighted by atomic mass is 10.2. The highest BCUT2D eigenvalue weighted by Gasteiger charge is 2.40. The average molecular weight is 477 g/mol. The number of carbonyl (C=O) groups excluding carboxylic acids is 3. The van der Waals surface area contributed by atoms with E-state index in [1.807, 2.05) is 6.92 Å². The number of amides is 2. The van der Waals surface area contributed by atoms with E-state index in [4.69, 9.17) is 32.7 Å². The maximum absolute atomic E-state index is 13.1. The van der Waals surface area contributed by atoms with Gasteiger partial charge in [-0.25, -0.2) is 9.69 Å². The molecule has 168 valence electrons. The standard InChI is InChI=1S/C23H22Cl2N2O5/c1-4-5-9-32-23(30)14-7-6-8-15(11-14)26-20-19(25)21(28)27(22(20)29)17-10-13(2)16(24)12-18(17)31-3/h6-8,10-12,26H,4-5,9H2,1-3H3. The van der Waals surface area contributed by atoms with Crippen LogP contribution in [0.25, 0.3) is 0 Å². The number of unbranched alkanes of at least 4 members (excludes halogenated alkanes) is 1. The molecular formula is C23H22Cl2N2O5. The largest absolute Gasteiger partial charge is 0.494 e. The molecule has 32 heavy (non-hydrogen) atoms. The Balaban J connectivity index is 1.86. The highest BCUT2D eigenvalue weighted by molar-refractivity contribution is 6.53. The third-order valence-electron chi connectivity index (χ3n) is 4.83. The van der Waals surface area contributed by atoms with Crippen molar-refractivity contribution in [3.8, 4) is 5.75 Å². The van der Waals surface area contributed by atoms with Crippen molar-refractivity contribution in [1.82, 2.24) is 0 Å². The number of methoxy groups -OCH3 is 1. The summed E-state index contributed by atoms with van der Waals surface area (Å²) in [6.45, 7) is 4.07. The van der Waals surface area contributed by atoms with E-state index in [9.17, 15) is 14.4 Å². The Bertz CT molecular complexity index is 1110. The molecule has 2 aromatic carbocycles. The van der Waals surface area contributed by atoms with Crippen LogP contribution in [0, 0.1) is 6.92 Å². The van der Waals surface area contributed by atoms with Gasteiger partial charge in [0.15, 0.2) is 0 Å². The van der Waals surface area contributed by atoms with Crippen molar-refractivity contribution in [2.45, 2.75) is 26.7 Å². The molecule has 3 rings (SSSR count). The van der Waals surface area contributed by atoms with Gasteiger partial charge in [-0.3, -0.25) is 9.59 Å². The zero-order chi connectivity index (χ0) is 23.4. The van der Waals surface area contributed by atoms with E-state index in [0.29, 0.717) is 28.4 Å². The molecule has 0 fully saturated rings. The minimum absolute atomic E-state index is 0.108. The number of hydrogen-bond donors (Lipinski definition) is 1. The van der Waals surface area contributed by atoms with Gasteiger partial charge in [0, 0.05) is 16.8 Å². The van der Waals surface area contributed by atoms with E-state index in [0.717, 1.165) is 17.7 Å². The Labute approximate surface area is 195 Å². The van der Waals surface area contributed by atoms with Crippen LogP contribution in [-0.4, -0.2) is 31.5 Å². The molecule has 0 saturated carbocycles. The summed E-state index contributed by atoms with van der Waals surface area (Å²) in [5.74, 6) is -1.57. The van der Waals surface area contributed by atoms with Crippen LogP contribution in [0.2, 0.25) is 5.02 Å². The first kappa shape index (κ1) is 23.6. The van der Waals surface area contributed by atoms with E-state index < -0.39 is 17.8 Å². The molecule has 7 nitrogen and oxygen atoms in total. The molecule has 0 atom stereocenters. The predicted molar refractivity (Wildman–Crippen MR) is 123 cm³/mol. The quantitative estimate of drug-likeness (QED) is 0.326. The summed E-state index contributed by atoms with van der Waals surface area (Å²) in [5.41, 5.74) is 1.50. The molecule has 1 aliphatic heterocycles. The zero-order valence-electron chi connectivity index (χ0n) is 17.8. The van der Waals surface area contributed by atoms with Gasteiger partial charge in [-0.2, -0.15) is 0 Å². The van der Waals surface area contributed by atoms with Crippen molar-refractivity contribution >= 4 is 52.4 Å². The molecule has 0 radical (unpaired) electrons. The Morgan fingerprint density at radius 2 is 1.88 bits per heavy atom. The number of anilines is 2. The number of aryl methyl sites for hydroxylation is 1. The molecule has 2 aromatic rings. The summed E-state index contributed by atoms with van der Waals surface area (Å²) in [5, 5.41) is 3.02. The van der Waals surface area contributed by atoms with Crippen LogP contribution in [0.1, 0.15) is 35.7 Å². The molecule has 0 bridgehead atoms. The van der Waals surface area contributed by atoms with E-state index in [1.54, 1.807) is 31.2 Å².